The molecule has 0 spiro atoms. The third kappa shape index (κ3) is 7.30. The van der Waals surface area contributed by atoms with Crippen molar-refractivity contribution in [2.24, 2.45) is 23.2 Å². The minimum Gasteiger partial charge on any atom is -0.393 e. The van der Waals surface area contributed by atoms with E-state index in [-0.39, 0.29) is 23.7 Å². The number of aliphatic hydroxyl groups excluding tert-OH is 1. The molecular weight excluding hydrogens is 543 g/mol. The number of hydrogen-bond donors (Lipinski definition) is 1. The summed E-state index contributed by atoms with van der Waals surface area (Å²) in [6.07, 6.45) is 6.79. The smallest absolute Gasteiger partial charge is 0.393 e. The molecule has 1 N–H and O–H groups in total. The average Bonchev–Trinajstić information content (AvgIpc) is 3.20. The van der Waals surface area contributed by atoms with Gasteiger partial charge in [-0.05, 0) is 91.6 Å². The molecule has 4 rings (SSSR count). The van der Waals surface area contributed by atoms with Crippen LogP contribution < -0.4 is 0 Å². The van der Waals surface area contributed by atoms with Crippen molar-refractivity contribution in [3.05, 3.63) is 35.4 Å². The Kier molecular flexibility index (Phi) is 10.8. The van der Waals surface area contributed by atoms with Gasteiger partial charge in [-0.2, -0.15) is 22.0 Å². The van der Waals surface area contributed by atoms with E-state index in [0.29, 0.717) is 29.4 Å². The lowest BCUT2D eigenvalue weighted by Crippen LogP contribution is -2.47. The van der Waals surface area contributed by atoms with E-state index in [9.17, 15) is 31.3 Å². The van der Waals surface area contributed by atoms with E-state index in [1.807, 2.05) is 0 Å². The maximum Gasteiger partial charge on any atom is 0.453 e. The maximum absolute atomic E-state index is 12.9. The zero-order valence-corrected chi connectivity index (χ0v) is 24.7. The first-order valence-electron chi connectivity index (χ1n) is 15.5. The van der Waals surface area contributed by atoms with Crippen molar-refractivity contribution in [3.63, 3.8) is 0 Å². The third-order valence-corrected chi connectivity index (χ3v) is 12.0. The van der Waals surface area contributed by atoms with Crippen molar-refractivity contribution < 1.29 is 31.3 Å². The van der Waals surface area contributed by atoms with Crippen LogP contribution in [0.5, 0.6) is 0 Å². The summed E-state index contributed by atoms with van der Waals surface area (Å²) in [5.41, 5.74) is 3.17. The molecule has 0 radical (unpaired) electrons. The zero-order valence-electron chi connectivity index (χ0n) is 23.9. The van der Waals surface area contributed by atoms with Crippen LogP contribution in [0.25, 0.3) is 0 Å². The Labute approximate surface area is 239 Å². The summed E-state index contributed by atoms with van der Waals surface area (Å²) >= 11 is 0. The molecule has 2 nitrogen and oxygen atoms in total. The number of fused-ring (bicyclic) bond motifs is 5. The van der Waals surface area contributed by atoms with Crippen molar-refractivity contribution >= 4 is 10.8 Å². The highest BCUT2D eigenvalue weighted by Gasteiger charge is 2.57. The first kappa shape index (κ1) is 31.9. The lowest BCUT2D eigenvalue weighted by Gasteiger charge is -2.53. The Balaban J connectivity index is 1.13. The van der Waals surface area contributed by atoms with E-state index in [1.165, 1.54) is 31.2 Å². The summed E-state index contributed by atoms with van der Waals surface area (Å²) in [5, 5.41) is 10.8. The van der Waals surface area contributed by atoms with E-state index in [0.717, 1.165) is 57.8 Å². The van der Waals surface area contributed by atoms with Gasteiger partial charge >= 0.3 is 12.1 Å². The van der Waals surface area contributed by atoms with Crippen LogP contribution in [0.4, 0.5) is 22.0 Å². The molecule has 0 aliphatic heterocycles. The van der Waals surface area contributed by atoms with Gasteiger partial charge in [0, 0.05) is 28.7 Å². The van der Waals surface area contributed by atoms with Crippen LogP contribution in [0.15, 0.2) is 24.3 Å². The minimum atomic E-state index is -5.53. The monoisotopic (exact) mass is 590 g/mol. The number of aliphatic hydroxyl groups is 1. The maximum atomic E-state index is 12.9. The van der Waals surface area contributed by atoms with Gasteiger partial charge in [0.05, 0.1) is 6.10 Å². The van der Waals surface area contributed by atoms with Gasteiger partial charge in [0.2, 0.25) is 0 Å². The molecule has 1 aromatic rings. The number of halogens is 5. The molecule has 40 heavy (non-hydrogen) atoms. The van der Waals surface area contributed by atoms with Crippen LogP contribution in [-0.2, 0) is 17.2 Å². The van der Waals surface area contributed by atoms with Gasteiger partial charge < -0.3 is 5.11 Å². The van der Waals surface area contributed by atoms with Crippen LogP contribution >= 0.6 is 0 Å². The summed E-state index contributed by atoms with van der Waals surface area (Å²) in [5.74, 6) is -1.82. The fraction of sp³-hybridized carbons (Fsp3) is 0.812. The van der Waals surface area contributed by atoms with E-state index in [2.05, 4.69) is 31.2 Å². The molecule has 0 heterocycles. The highest BCUT2D eigenvalue weighted by molar-refractivity contribution is 7.84. The third-order valence-electron chi connectivity index (χ3n) is 10.5. The van der Waals surface area contributed by atoms with Crippen LogP contribution in [0.3, 0.4) is 0 Å². The first-order chi connectivity index (χ1) is 18.9. The average molecular weight is 591 g/mol. The number of alkyl halides is 5. The normalized spacial score (nSPS) is 30.9. The van der Waals surface area contributed by atoms with E-state index < -0.39 is 29.3 Å². The number of unbranched alkanes of at least 4 members (excludes halogenated alkanes) is 6. The predicted molar refractivity (Wildman–Crippen MR) is 151 cm³/mol. The lowest BCUT2D eigenvalue weighted by atomic mass is 9.52. The molecule has 2 fully saturated rings. The van der Waals surface area contributed by atoms with Gasteiger partial charge in [-0.15, -0.1) is 0 Å². The summed E-state index contributed by atoms with van der Waals surface area (Å²) in [4.78, 5) is 0. The summed E-state index contributed by atoms with van der Waals surface area (Å²) in [7, 11) is -1.34. The van der Waals surface area contributed by atoms with Gasteiger partial charge in [-0.3, -0.25) is 4.21 Å². The predicted octanol–water partition coefficient (Wildman–Crippen LogP) is 8.98. The molecule has 3 aliphatic carbocycles. The molecule has 0 amide bonds. The van der Waals surface area contributed by atoms with Gasteiger partial charge in [0.1, 0.15) is 0 Å². The molecule has 228 valence electrons. The zero-order chi connectivity index (χ0) is 29.0. The second kappa shape index (κ2) is 13.5. The van der Waals surface area contributed by atoms with Gasteiger partial charge in [-0.25, -0.2) is 0 Å². The summed E-state index contributed by atoms with van der Waals surface area (Å²) < 4.78 is 74.5. The Bertz CT molecular complexity index is 982. The van der Waals surface area contributed by atoms with Crippen molar-refractivity contribution in [2.75, 3.05) is 11.5 Å². The second-order valence-corrected chi connectivity index (χ2v) is 14.7. The van der Waals surface area contributed by atoms with Crippen LogP contribution in [0.1, 0.15) is 114 Å². The summed E-state index contributed by atoms with van der Waals surface area (Å²) in [6.45, 7) is 2.34. The van der Waals surface area contributed by atoms with Crippen molar-refractivity contribution in [1.82, 2.24) is 0 Å². The highest BCUT2D eigenvalue weighted by Crippen LogP contribution is 2.62. The van der Waals surface area contributed by atoms with Crippen LogP contribution in [0.2, 0.25) is 0 Å². The van der Waals surface area contributed by atoms with Gasteiger partial charge in [0.25, 0.3) is 0 Å². The van der Waals surface area contributed by atoms with E-state index >= 15 is 0 Å². The van der Waals surface area contributed by atoms with Crippen LogP contribution in [0, 0.1) is 23.2 Å². The first-order valence-corrected chi connectivity index (χ1v) is 17.0. The Morgan fingerprint density at radius 1 is 0.900 bits per heavy atom. The number of hydrogen-bond acceptors (Lipinski definition) is 2. The van der Waals surface area contributed by atoms with E-state index in [4.69, 9.17) is 0 Å². The van der Waals surface area contributed by atoms with Crippen molar-refractivity contribution in [3.8, 4) is 0 Å². The molecule has 3 aliphatic rings. The largest absolute Gasteiger partial charge is 0.453 e. The quantitative estimate of drug-likeness (QED) is 0.173. The summed E-state index contributed by atoms with van der Waals surface area (Å²) in [6, 6.07) is 9.02. The van der Waals surface area contributed by atoms with Crippen LogP contribution in [-0.4, -0.2) is 39.0 Å². The minimum absolute atomic E-state index is 0.0729. The molecule has 2 unspecified atom stereocenters. The molecule has 0 aromatic heterocycles. The Morgan fingerprint density at radius 3 is 2.27 bits per heavy atom. The molecule has 0 saturated heterocycles. The lowest BCUT2D eigenvalue weighted by molar-refractivity contribution is -0.284. The topological polar surface area (TPSA) is 37.3 Å². The number of benzene rings is 1. The second-order valence-electron chi connectivity index (χ2n) is 13.0. The molecule has 0 bridgehead atoms. The molecule has 7 atom stereocenters. The Morgan fingerprint density at radius 2 is 1.55 bits per heavy atom. The van der Waals surface area contributed by atoms with Gasteiger partial charge in [0.15, 0.2) is 0 Å². The van der Waals surface area contributed by atoms with Crippen molar-refractivity contribution in [1.29, 1.82) is 0 Å². The standard InChI is InChI=1S/C32H47F5O2S/c1-30-19-17-26-25-14-9-8-12-23(25)22-24(29(26)27(30)15-16-28(30)38)13-7-5-3-2-4-6-10-20-40(39)21-11-18-31(33,34)32(35,36)37/h8-9,12,14,24,26-29,38H,2-7,10-11,13,15-22H2,1H3/t24-,26-,27+,28+,29?,30+,40?/m1/s1. The SMILES string of the molecule is C[C@]12CC[C@@H]3c4ccccc4C[C@@H](CCCCCCCCCS(=O)CCCC(F)(F)C(F)(F)F)C3[C@@H]1CC[C@@H]2O. The van der Waals surface area contributed by atoms with E-state index in [1.54, 1.807) is 5.56 Å². The molecule has 8 heteroatoms. The Hall–Kier alpha value is -1.02. The highest BCUT2D eigenvalue weighted by atomic mass is 32.2. The fourth-order valence-electron chi connectivity index (χ4n) is 8.23. The molecule has 2 saturated carbocycles. The number of rotatable bonds is 14. The fourth-order valence-corrected chi connectivity index (χ4v) is 9.43. The molecular formula is C32H47F5O2S. The van der Waals surface area contributed by atoms with Gasteiger partial charge in [-0.1, -0.05) is 69.7 Å². The molecule has 1 aromatic carbocycles. The van der Waals surface area contributed by atoms with Crippen molar-refractivity contribution in [2.45, 2.75) is 127 Å².